The summed E-state index contributed by atoms with van der Waals surface area (Å²) in [5.74, 6) is -0.368. The Morgan fingerprint density at radius 1 is 1.00 bits per heavy atom. The van der Waals surface area contributed by atoms with E-state index in [1.807, 2.05) is 25.1 Å². The molecule has 0 aliphatic heterocycles. The number of anilines is 2. The van der Waals surface area contributed by atoms with Crippen LogP contribution in [0.15, 0.2) is 67.0 Å². The maximum absolute atomic E-state index is 12.4. The number of benzene rings is 2. The Morgan fingerprint density at radius 3 is 2.42 bits per heavy atom. The predicted octanol–water partition coefficient (Wildman–Crippen LogP) is 3.64. The molecule has 1 unspecified atom stereocenters. The van der Waals surface area contributed by atoms with Crippen LogP contribution in [0.5, 0.6) is 0 Å². The van der Waals surface area contributed by atoms with Crippen molar-refractivity contribution < 1.29 is 9.59 Å². The van der Waals surface area contributed by atoms with Crippen molar-refractivity contribution in [2.75, 3.05) is 10.6 Å². The number of hydrogen-bond acceptors (Lipinski definition) is 3. The van der Waals surface area contributed by atoms with Crippen LogP contribution < -0.4 is 10.6 Å². The maximum atomic E-state index is 12.4. The van der Waals surface area contributed by atoms with Gasteiger partial charge in [-0.15, -0.1) is 0 Å². The van der Waals surface area contributed by atoms with Crippen molar-refractivity contribution in [3.05, 3.63) is 78.1 Å². The molecule has 0 spiro atoms. The summed E-state index contributed by atoms with van der Waals surface area (Å²) in [6, 6.07) is 15.8. The van der Waals surface area contributed by atoms with E-state index in [4.69, 9.17) is 0 Å². The molecule has 3 aromatic rings. The van der Waals surface area contributed by atoms with Crippen LogP contribution in [0.3, 0.4) is 0 Å². The number of carbonyl (C=O) groups is 2. The highest BCUT2D eigenvalue weighted by Gasteiger charge is 2.15. The van der Waals surface area contributed by atoms with Gasteiger partial charge in [0.15, 0.2) is 0 Å². The summed E-state index contributed by atoms with van der Waals surface area (Å²) in [4.78, 5) is 24.8. The number of nitrogens with one attached hydrogen (secondary N) is 2. The monoisotopic (exact) mass is 348 g/mol. The van der Waals surface area contributed by atoms with Crippen molar-refractivity contribution >= 4 is 23.2 Å². The predicted molar refractivity (Wildman–Crippen MR) is 101 cm³/mol. The van der Waals surface area contributed by atoms with Gasteiger partial charge in [-0.3, -0.25) is 14.3 Å². The third kappa shape index (κ3) is 3.97. The van der Waals surface area contributed by atoms with Gasteiger partial charge in [0.25, 0.3) is 5.91 Å². The van der Waals surface area contributed by atoms with Crippen LogP contribution in [0, 0.1) is 6.92 Å². The fourth-order valence-electron chi connectivity index (χ4n) is 2.58. The molecule has 0 aliphatic rings. The van der Waals surface area contributed by atoms with Crippen molar-refractivity contribution in [1.82, 2.24) is 9.78 Å². The first kappa shape index (κ1) is 17.4. The number of carbonyl (C=O) groups excluding carboxylic acids is 2. The molecule has 6 nitrogen and oxygen atoms in total. The van der Waals surface area contributed by atoms with E-state index in [0.717, 1.165) is 5.56 Å². The zero-order chi connectivity index (χ0) is 18.5. The zero-order valence-corrected chi connectivity index (χ0v) is 14.6. The highest BCUT2D eigenvalue weighted by Crippen LogP contribution is 2.18. The van der Waals surface area contributed by atoms with E-state index >= 15 is 0 Å². The number of rotatable bonds is 5. The molecular formula is C20H20N4O2. The largest absolute Gasteiger partial charge is 0.324 e. The van der Waals surface area contributed by atoms with Crippen molar-refractivity contribution in [3.63, 3.8) is 0 Å². The molecular weight excluding hydrogens is 328 g/mol. The van der Waals surface area contributed by atoms with Gasteiger partial charge in [-0.2, -0.15) is 5.10 Å². The fraction of sp³-hybridized carbons (Fsp3) is 0.150. The molecule has 2 amide bonds. The summed E-state index contributed by atoms with van der Waals surface area (Å²) in [7, 11) is 0. The molecule has 0 bridgehead atoms. The van der Waals surface area contributed by atoms with E-state index in [9.17, 15) is 9.59 Å². The molecule has 3 rings (SSSR count). The van der Waals surface area contributed by atoms with Gasteiger partial charge in [-0.25, -0.2) is 0 Å². The Labute approximate surface area is 151 Å². The van der Waals surface area contributed by atoms with E-state index < -0.39 is 6.04 Å². The van der Waals surface area contributed by atoms with Crippen LogP contribution in [0.2, 0.25) is 0 Å². The van der Waals surface area contributed by atoms with E-state index in [0.29, 0.717) is 16.9 Å². The minimum atomic E-state index is -0.435. The molecule has 2 aromatic carbocycles. The molecule has 0 aliphatic carbocycles. The highest BCUT2D eigenvalue weighted by molar-refractivity contribution is 6.05. The van der Waals surface area contributed by atoms with Crippen LogP contribution in [-0.2, 0) is 4.79 Å². The second-order valence-corrected chi connectivity index (χ2v) is 6.00. The van der Waals surface area contributed by atoms with Gasteiger partial charge in [0.2, 0.25) is 5.91 Å². The lowest BCUT2D eigenvalue weighted by Gasteiger charge is -2.14. The second-order valence-electron chi connectivity index (χ2n) is 6.00. The van der Waals surface area contributed by atoms with Gasteiger partial charge < -0.3 is 10.6 Å². The van der Waals surface area contributed by atoms with Crippen LogP contribution in [0.4, 0.5) is 11.4 Å². The first-order valence-corrected chi connectivity index (χ1v) is 8.31. The summed E-state index contributed by atoms with van der Waals surface area (Å²) in [5.41, 5.74) is 2.75. The minimum absolute atomic E-state index is 0.184. The topological polar surface area (TPSA) is 76.0 Å². The molecule has 26 heavy (non-hydrogen) atoms. The van der Waals surface area contributed by atoms with Crippen LogP contribution in [0.25, 0.3) is 0 Å². The molecule has 1 aromatic heterocycles. The van der Waals surface area contributed by atoms with Gasteiger partial charge in [-0.1, -0.05) is 24.3 Å². The fourth-order valence-corrected chi connectivity index (χ4v) is 2.58. The standard InChI is InChI=1S/C20H20N4O2/c1-14-7-3-4-10-18(14)20(26)23-17-9-5-8-16(13-17)22-19(25)15(2)24-12-6-11-21-24/h3-13,15H,1-2H3,(H,22,25)(H,23,26). The molecule has 132 valence electrons. The first-order valence-electron chi connectivity index (χ1n) is 8.31. The van der Waals surface area contributed by atoms with Crippen molar-refractivity contribution in [2.45, 2.75) is 19.9 Å². The van der Waals surface area contributed by atoms with Crippen LogP contribution in [0.1, 0.15) is 28.9 Å². The van der Waals surface area contributed by atoms with Crippen molar-refractivity contribution in [3.8, 4) is 0 Å². The molecule has 1 heterocycles. The number of nitrogens with zero attached hydrogens (tertiary/aromatic N) is 2. The number of hydrogen-bond donors (Lipinski definition) is 2. The smallest absolute Gasteiger partial charge is 0.255 e. The Morgan fingerprint density at radius 2 is 1.73 bits per heavy atom. The zero-order valence-electron chi connectivity index (χ0n) is 14.6. The van der Waals surface area contributed by atoms with Crippen LogP contribution >= 0.6 is 0 Å². The summed E-state index contributed by atoms with van der Waals surface area (Å²) in [6.45, 7) is 3.66. The molecule has 0 radical (unpaired) electrons. The quantitative estimate of drug-likeness (QED) is 0.739. The summed E-state index contributed by atoms with van der Waals surface area (Å²) < 4.78 is 1.58. The average molecular weight is 348 g/mol. The lowest BCUT2D eigenvalue weighted by molar-refractivity contribution is -0.119. The highest BCUT2D eigenvalue weighted by atomic mass is 16.2. The van der Waals surface area contributed by atoms with Crippen molar-refractivity contribution in [1.29, 1.82) is 0 Å². The van der Waals surface area contributed by atoms with E-state index in [-0.39, 0.29) is 11.8 Å². The maximum Gasteiger partial charge on any atom is 0.255 e. The Bertz CT molecular complexity index is 919. The van der Waals surface area contributed by atoms with Gasteiger partial charge in [0, 0.05) is 29.3 Å². The van der Waals surface area contributed by atoms with Gasteiger partial charge >= 0.3 is 0 Å². The molecule has 0 saturated carbocycles. The Hall–Kier alpha value is -3.41. The number of aromatic nitrogens is 2. The number of aryl methyl sites for hydroxylation is 1. The average Bonchev–Trinajstić information content (AvgIpc) is 3.16. The lowest BCUT2D eigenvalue weighted by atomic mass is 10.1. The van der Waals surface area contributed by atoms with Crippen LogP contribution in [-0.4, -0.2) is 21.6 Å². The van der Waals surface area contributed by atoms with E-state index in [1.165, 1.54) is 0 Å². The molecule has 0 fully saturated rings. The molecule has 0 saturated heterocycles. The van der Waals surface area contributed by atoms with Crippen molar-refractivity contribution in [2.24, 2.45) is 0 Å². The summed E-state index contributed by atoms with van der Waals surface area (Å²) >= 11 is 0. The van der Waals surface area contributed by atoms with Gasteiger partial charge in [0.05, 0.1) is 0 Å². The third-order valence-corrected chi connectivity index (χ3v) is 4.08. The molecule has 6 heteroatoms. The summed E-state index contributed by atoms with van der Waals surface area (Å²) in [6.07, 6.45) is 3.37. The minimum Gasteiger partial charge on any atom is -0.324 e. The van der Waals surface area contributed by atoms with E-state index in [1.54, 1.807) is 60.4 Å². The Kier molecular flexibility index (Phi) is 5.12. The first-order chi connectivity index (χ1) is 12.5. The van der Waals surface area contributed by atoms with Gasteiger partial charge in [-0.05, 0) is 49.7 Å². The third-order valence-electron chi connectivity index (χ3n) is 4.08. The molecule has 1 atom stereocenters. The van der Waals surface area contributed by atoms with Gasteiger partial charge in [0.1, 0.15) is 6.04 Å². The molecule has 2 N–H and O–H groups in total. The normalized spacial score (nSPS) is 11.6. The SMILES string of the molecule is Cc1ccccc1C(=O)Nc1cccc(NC(=O)C(C)n2cccn2)c1. The summed E-state index contributed by atoms with van der Waals surface area (Å²) in [5, 5.41) is 9.78. The second kappa shape index (κ2) is 7.65. The Balaban J connectivity index is 1.69. The number of amides is 2. The van der Waals surface area contributed by atoms with E-state index in [2.05, 4.69) is 15.7 Å². The lowest BCUT2D eigenvalue weighted by Crippen LogP contribution is -2.24.